The Morgan fingerprint density at radius 2 is 2.17 bits per heavy atom. The minimum Gasteiger partial charge on any atom is -0.384 e. The van der Waals surface area contributed by atoms with Gasteiger partial charge in [-0.15, -0.1) is 0 Å². The summed E-state index contributed by atoms with van der Waals surface area (Å²) in [5, 5.41) is 3.10. The van der Waals surface area contributed by atoms with Gasteiger partial charge in [0.05, 0.1) is 18.3 Å². The van der Waals surface area contributed by atoms with Gasteiger partial charge < -0.3 is 10.1 Å². The number of carbonyl (C=O) groups excluding carboxylic acids is 1. The van der Waals surface area contributed by atoms with Crippen molar-refractivity contribution in [2.45, 2.75) is 31.8 Å². The fourth-order valence-electron chi connectivity index (χ4n) is 3.85. The fraction of sp³-hybridized carbons (Fsp3) is 0.455. The van der Waals surface area contributed by atoms with Crippen LogP contribution in [0.1, 0.15) is 36.6 Å². The summed E-state index contributed by atoms with van der Waals surface area (Å²) in [5.74, 6) is -1.57. The van der Waals surface area contributed by atoms with Crippen LogP contribution in [0, 0.1) is 17.6 Å². The molecule has 0 bridgehead atoms. The van der Waals surface area contributed by atoms with Crippen molar-refractivity contribution in [2.75, 3.05) is 26.8 Å². The molecule has 1 N–H and O–H groups in total. The van der Waals surface area contributed by atoms with Crippen LogP contribution < -0.4 is 5.32 Å². The average Bonchev–Trinajstić information content (AvgIpc) is 2.74. The number of ether oxygens (including phenoxy) is 1. The van der Waals surface area contributed by atoms with Crippen LogP contribution in [0.15, 0.2) is 42.6 Å². The standard InChI is InChI=1S/C22H27F2N3O2/c1-29-13-10-20(28)26-22(19-9-2-3-11-25-19)17-7-5-12-27(15-17)14-16-6-4-8-18(23)21(16)24/h2-4,6,8-9,11,17,22H,5,7,10,12-15H2,1H3,(H,26,28)/t17-,22+/m1/s1. The summed E-state index contributed by atoms with van der Waals surface area (Å²) in [5.41, 5.74) is 1.16. The summed E-state index contributed by atoms with van der Waals surface area (Å²) < 4.78 is 32.6. The number of pyridine rings is 1. The highest BCUT2D eigenvalue weighted by Crippen LogP contribution is 2.30. The molecule has 0 saturated carbocycles. The maximum Gasteiger partial charge on any atom is 0.222 e. The summed E-state index contributed by atoms with van der Waals surface area (Å²) in [6.45, 7) is 2.17. The third-order valence-corrected chi connectivity index (χ3v) is 5.30. The third kappa shape index (κ3) is 5.81. The van der Waals surface area contributed by atoms with Gasteiger partial charge in [0.25, 0.3) is 0 Å². The van der Waals surface area contributed by atoms with E-state index in [-0.39, 0.29) is 24.3 Å². The minimum absolute atomic E-state index is 0.0872. The van der Waals surface area contributed by atoms with Crippen molar-refractivity contribution in [3.63, 3.8) is 0 Å². The predicted octanol–water partition coefficient (Wildman–Crippen LogP) is 3.47. The van der Waals surface area contributed by atoms with Crippen LogP contribution in [-0.2, 0) is 16.1 Å². The molecule has 1 amide bonds. The third-order valence-electron chi connectivity index (χ3n) is 5.30. The highest BCUT2D eigenvalue weighted by molar-refractivity contribution is 5.76. The maximum absolute atomic E-state index is 14.1. The Labute approximate surface area is 170 Å². The molecule has 1 aromatic carbocycles. The fourth-order valence-corrected chi connectivity index (χ4v) is 3.85. The molecule has 1 saturated heterocycles. The van der Waals surface area contributed by atoms with E-state index in [9.17, 15) is 13.6 Å². The smallest absolute Gasteiger partial charge is 0.222 e. The van der Waals surface area contributed by atoms with Crippen molar-refractivity contribution in [3.8, 4) is 0 Å². The van der Waals surface area contributed by atoms with E-state index in [0.29, 0.717) is 25.3 Å². The van der Waals surface area contributed by atoms with Crippen LogP contribution in [0.5, 0.6) is 0 Å². The summed E-state index contributed by atoms with van der Waals surface area (Å²) in [4.78, 5) is 18.9. The second-order valence-electron chi connectivity index (χ2n) is 7.39. The van der Waals surface area contributed by atoms with E-state index in [1.807, 2.05) is 18.2 Å². The molecule has 0 spiro atoms. The van der Waals surface area contributed by atoms with E-state index in [1.165, 1.54) is 6.07 Å². The number of benzene rings is 1. The number of aromatic nitrogens is 1. The number of likely N-dealkylation sites (tertiary alicyclic amines) is 1. The zero-order valence-electron chi connectivity index (χ0n) is 16.6. The Balaban J connectivity index is 1.73. The summed E-state index contributed by atoms with van der Waals surface area (Å²) in [6, 6.07) is 9.69. The molecular weight excluding hydrogens is 376 g/mol. The molecule has 2 heterocycles. The molecule has 3 rings (SSSR count). The Kier molecular flexibility index (Phi) is 7.66. The molecule has 0 radical (unpaired) electrons. The second-order valence-corrected chi connectivity index (χ2v) is 7.39. The Bertz CT molecular complexity index is 804. The van der Waals surface area contributed by atoms with Crippen LogP contribution in [-0.4, -0.2) is 42.6 Å². The number of hydrogen-bond acceptors (Lipinski definition) is 4. The highest BCUT2D eigenvalue weighted by Gasteiger charge is 2.30. The first-order valence-corrected chi connectivity index (χ1v) is 9.93. The Morgan fingerprint density at radius 1 is 1.31 bits per heavy atom. The van der Waals surface area contributed by atoms with Crippen molar-refractivity contribution < 1.29 is 18.3 Å². The van der Waals surface area contributed by atoms with Crippen LogP contribution in [0.2, 0.25) is 0 Å². The lowest BCUT2D eigenvalue weighted by Gasteiger charge is -2.37. The summed E-state index contributed by atoms with van der Waals surface area (Å²) >= 11 is 0. The Morgan fingerprint density at radius 3 is 2.93 bits per heavy atom. The molecule has 2 atom stereocenters. The van der Waals surface area contributed by atoms with Gasteiger partial charge in [-0.2, -0.15) is 0 Å². The summed E-state index contributed by atoms with van der Waals surface area (Å²) in [7, 11) is 1.56. The van der Waals surface area contributed by atoms with Crippen LogP contribution in [0.4, 0.5) is 8.78 Å². The molecular formula is C22H27F2N3O2. The molecule has 0 aliphatic carbocycles. The number of rotatable bonds is 8. The van der Waals surface area contributed by atoms with Gasteiger partial charge >= 0.3 is 0 Å². The number of carbonyl (C=O) groups is 1. The van der Waals surface area contributed by atoms with Gasteiger partial charge in [0.2, 0.25) is 5.91 Å². The minimum atomic E-state index is -0.826. The SMILES string of the molecule is COCCC(=O)N[C@H](c1ccccn1)[C@@H]1CCCN(Cc2cccc(F)c2F)C1. The molecule has 1 aliphatic rings. The molecule has 1 aliphatic heterocycles. The average molecular weight is 403 g/mol. The molecule has 5 nitrogen and oxygen atoms in total. The van der Waals surface area contributed by atoms with E-state index >= 15 is 0 Å². The monoisotopic (exact) mass is 403 g/mol. The topological polar surface area (TPSA) is 54.5 Å². The number of halogens is 2. The largest absolute Gasteiger partial charge is 0.384 e. The molecule has 0 unspecified atom stereocenters. The van der Waals surface area contributed by atoms with Gasteiger partial charge in [-0.05, 0) is 43.5 Å². The molecule has 2 aromatic rings. The molecule has 7 heteroatoms. The second kappa shape index (κ2) is 10.4. The van der Waals surface area contributed by atoms with Gasteiger partial charge in [-0.25, -0.2) is 8.78 Å². The highest BCUT2D eigenvalue weighted by atomic mass is 19.2. The Hall–Kier alpha value is -2.38. The predicted molar refractivity (Wildman–Crippen MR) is 106 cm³/mol. The van der Waals surface area contributed by atoms with Crippen LogP contribution in [0.3, 0.4) is 0 Å². The number of piperidine rings is 1. The number of methoxy groups -OCH3 is 1. The number of hydrogen-bond donors (Lipinski definition) is 1. The zero-order valence-corrected chi connectivity index (χ0v) is 16.6. The zero-order chi connectivity index (χ0) is 20.6. The van der Waals surface area contributed by atoms with E-state index in [4.69, 9.17) is 4.74 Å². The van der Waals surface area contributed by atoms with Crippen molar-refractivity contribution >= 4 is 5.91 Å². The maximum atomic E-state index is 14.1. The number of amides is 1. The first-order valence-electron chi connectivity index (χ1n) is 9.93. The van der Waals surface area contributed by atoms with Gasteiger partial charge in [-0.1, -0.05) is 18.2 Å². The van der Waals surface area contributed by atoms with Crippen molar-refractivity contribution in [2.24, 2.45) is 5.92 Å². The molecule has 156 valence electrons. The van der Waals surface area contributed by atoms with Gasteiger partial charge in [0, 0.05) is 38.4 Å². The number of nitrogens with one attached hydrogen (secondary N) is 1. The van der Waals surface area contributed by atoms with Crippen molar-refractivity contribution in [1.29, 1.82) is 0 Å². The van der Waals surface area contributed by atoms with Crippen molar-refractivity contribution in [1.82, 2.24) is 15.2 Å². The normalized spacial score (nSPS) is 18.4. The van der Waals surface area contributed by atoms with Gasteiger partial charge in [0.1, 0.15) is 0 Å². The quantitative estimate of drug-likeness (QED) is 0.733. The van der Waals surface area contributed by atoms with Crippen LogP contribution in [0.25, 0.3) is 0 Å². The summed E-state index contributed by atoms with van der Waals surface area (Å²) in [6.07, 6.45) is 3.84. The van der Waals surface area contributed by atoms with E-state index in [2.05, 4.69) is 15.2 Å². The molecule has 1 aromatic heterocycles. The van der Waals surface area contributed by atoms with E-state index in [0.717, 1.165) is 31.1 Å². The number of nitrogens with zero attached hydrogens (tertiary/aromatic N) is 2. The van der Waals surface area contributed by atoms with Gasteiger partial charge in [0.15, 0.2) is 11.6 Å². The van der Waals surface area contributed by atoms with Gasteiger partial charge in [-0.3, -0.25) is 14.7 Å². The first kappa shape index (κ1) is 21.3. The lowest BCUT2D eigenvalue weighted by atomic mass is 9.88. The van der Waals surface area contributed by atoms with Crippen LogP contribution >= 0.6 is 0 Å². The van der Waals surface area contributed by atoms with Crippen molar-refractivity contribution in [3.05, 3.63) is 65.5 Å². The molecule has 1 fully saturated rings. The molecule has 29 heavy (non-hydrogen) atoms. The van der Waals surface area contributed by atoms with E-state index in [1.54, 1.807) is 19.4 Å². The lowest BCUT2D eigenvalue weighted by Crippen LogP contribution is -2.43. The lowest BCUT2D eigenvalue weighted by molar-refractivity contribution is -0.123. The first-order chi connectivity index (χ1) is 14.1. The van der Waals surface area contributed by atoms with E-state index < -0.39 is 11.6 Å².